The first-order valence-corrected chi connectivity index (χ1v) is 12.7. The van der Waals surface area contributed by atoms with E-state index in [0.29, 0.717) is 0 Å². The summed E-state index contributed by atoms with van der Waals surface area (Å²) in [5.41, 5.74) is 2.29. The molecule has 5 nitrogen and oxygen atoms in total. The van der Waals surface area contributed by atoms with Gasteiger partial charge in [0.05, 0.1) is 6.10 Å². The van der Waals surface area contributed by atoms with Crippen LogP contribution in [0, 0.1) is 0 Å². The van der Waals surface area contributed by atoms with Crippen LogP contribution in [0.15, 0.2) is 5.03 Å². The van der Waals surface area contributed by atoms with Crippen LogP contribution in [0.25, 0.3) is 0 Å². The third-order valence-electron chi connectivity index (χ3n) is 5.48. The third-order valence-corrected chi connectivity index (χ3v) is 10.7. The van der Waals surface area contributed by atoms with E-state index >= 15 is 0 Å². The van der Waals surface area contributed by atoms with Crippen molar-refractivity contribution in [1.82, 2.24) is 10.2 Å². The number of nitrogens with one attached hydrogen (secondary N) is 1. The van der Waals surface area contributed by atoms with Gasteiger partial charge in [-0.1, -0.05) is 20.8 Å². The lowest BCUT2D eigenvalue weighted by atomic mass is 9.90. The Morgan fingerprint density at radius 2 is 1.96 bits per heavy atom. The smallest absolute Gasteiger partial charge is 0.192 e. The summed E-state index contributed by atoms with van der Waals surface area (Å²) in [5.74, 6) is -0.598. The second-order valence-electron chi connectivity index (χ2n) is 8.77. The minimum Gasteiger partial charge on any atom is -0.411 e. The van der Waals surface area contributed by atoms with Crippen LogP contribution in [-0.4, -0.2) is 42.8 Å². The molecule has 0 saturated carbocycles. The molecule has 0 radical (unpaired) electrons. The zero-order valence-corrected chi connectivity index (χ0v) is 17.8. The summed E-state index contributed by atoms with van der Waals surface area (Å²) in [6.07, 6.45) is 2.66. The van der Waals surface area contributed by atoms with Gasteiger partial charge in [-0.2, -0.15) is 5.10 Å². The standard InChI is InChI=1S/C17H30N2O3SSi/c1-16(2,3)24(7,8)22-11-9-10-12(15(23-6)19-18-10)14-13(11)20-17(4,5)21-14/h11,13-14H,9H2,1-8H3,(H,18,19)/t11-,13+,14-/m1/s1. The van der Waals surface area contributed by atoms with Gasteiger partial charge < -0.3 is 13.9 Å². The number of thioether (sulfide) groups is 1. The predicted molar refractivity (Wildman–Crippen MR) is 98.9 cm³/mol. The van der Waals surface area contributed by atoms with Gasteiger partial charge >= 0.3 is 0 Å². The molecule has 24 heavy (non-hydrogen) atoms. The number of rotatable bonds is 3. The zero-order chi connectivity index (χ0) is 17.9. The van der Waals surface area contributed by atoms with Crippen LogP contribution >= 0.6 is 11.8 Å². The Kier molecular flexibility index (Phi) is 4.49. The molecule has 1 N–H and O–H groups in total. The minimum absolute atomic E-state index is 0.000299. The Hall–Kier alpha value is -0.343. The van der Waals surface area contributed by atoms with E-state index in [1.165, 1.54) is 0 Å². The first-order chi connectivity index (χ1) is 11.0. The molecule has 2 heterocycles. The zero-order valence-electron chi connectivity index (χ0n) is 16.0. The van der Waals surface area contributed by atoms with E-state index in [4.69, 9.17) is 13.9 Å². The molecule has 1 aliphatic heterocycles. The summed E-state index contributed by atoms with van der Waals surface area (Å²) in [6.45, 7) is 15.3. The summed E-state index contributed by atoms with van der Waals surface area (Å²) < 4.78 is 19.3. The molecule has 1 fully saturated rings. The number of ether oxygens (including phenoxy) is 2. The fourth-order valence-electron chi connectivity index (χ4n) is 3.24. The maximum atomic E-state index is 6.73. The Labute approximate surface area is 150 Å². The Morgan fingerprint density at radius 3 is 2.54 bits per heavy atom. The number of nitrogens with zero attached hydrogens (tertiary/aromatic N) is 1. The molecule has 0 bridgehead atoms. The molecule has 0 aromatic carbocycles. The van der Waals surface area contributed by atoms with E-state index in [1.807, 2.05) is 20.1 Å². The number of aromatic nitrogens is 2. The van der Waals surface area contributed by atoms with E-state index in [0.717, 1.165) is 22.7 Å². The van der Waals surface area contributed by atoms with Crippen LogP contribution in [0.1, 0.15) is 52.0 Å². The van der Waals surface area contributed by atoms with Crippen molar-refractivity contribution in [3.05, 3.63) is 11.3 Å². The van der Waals surface area contributed by atoms with Gasteiger partial charge in [0.15, 0.2) is 14.1 Å². The lowest BCUT2D eigenvalue weighted by Gasteiger charge is -2.42. The Bertz CT molecular complexity index is 624. The van der Waals surface area contributed by atoms with E-state index in [-0.39, 0.29) is 23.4 Å². The minimum atomic E-state index is -1.90. The SMILES string of the molecule is CSc1n[nH]c2c1[C@H]1OC(C)(C)O[C@H]1[C@H](O[Si](C)(C)C(C)(C)C)C2. The van der Waals surface area contributed by atoms with Crippen molar-refractivity contribution in [3.63, 3.8) is 0 Å². The number of hydrogen-bond acceptors (Lipinski definition) is 5. The molecule has 0 amide bonds. The highest BCUT2D eigenvalue weighted by molar-refractivity contribution is 7.98. The van der Waals surface area contributed by atoms with Crippen LogP contribution in [0.4, 0.5) is 0 Å². The molecule has 3 rings (SSSR count). The van der Waals surface area contributed by atoms with E-state index in [9.17, 15) is 0 Å². The first-order valence-electron chi connectivity index (χ1n) is 8.60. The van der Waals surface area contributed by atoms with Crippen LogP contribution in [-0.2, 0) is 20.3 Å². The van der Waals surface area contributed by atoms with E-state index in [2.05, 4.69) is 44.1 Å². The monoisotopic (exact) mass is 370 g/mol. The van der Waals surface area contributed by atoms with Crippen molar-refractivity contribution in [2.75, 3.05) is 6.26 Å². The van der Waals surface area contributed by atoms with E-state index in [1.54, 1.807) is 11.8 Å². The van der Waals surface area contributed by atoms with E-state index < -0.39 is 14.1 Å². The third kappa shape index (κ3) is 3.09. The summed E-state index contributed by atoms with van der Waals surface area (Å²) in [4.78, 5) is 0. The molecule has 0 unspecified atom stereocenters. The number of hydrogen-bond donors (Lipinski definition) is 1. The highest BCUT2D eigenvalue weighted by Crippen LogP contribution is 2.49. The average Bonchev–Trinajstić information content (AvgIpc) is 2.96. The quantitative estimate of drug-likeness (QED) is 0.636. The van der Waals surface area contributed by atoms with Gasteiger partial charge in [-0.15, -0.1) is 11.8 Å². The van der Waals surface area contributed by atoms with Gasteiger partial charge in [0, 0.05) is 17.7 Å². The fourth-order valence-corrected chi connectivity index (χ4v) is 5.16. The summed E-state index contributed by atoms with van der Waals surface area (Å²) in [6, 6.07) is 0. The van der Waals surface area contributed by atoms with Gasteiger partial charge in [-0.3, -0.25) is 5.10 Å². The van der Waals surface area contributed by atoms with Crippen LogP contribution in [0.3, 0.4) is 0 Å². The van der Waals surface area contributed by atoms with Gasteiger partial charge in [0.1, 0.15) is 17.2 Å². The topological polar surface area (TPSA) is 56.4 Å². The maximum absolute atomic E-state index is 6.73. The molecule has 2 aliphatic rings. The van der Waals surface area contributed by atoms with Crippen molar-refractivity contribution >= 4 is 20.1 Å². The molecular weight excluding hydrogens is 340 g/mol. The summed E-state index contributed by atoms with van der Waals surface area (Å²) >= 11 is 1.65. The van der Waals surface area contributed by atoms with Crippen molar-refractivity contribution in [3.8, 4) is 0 Å². The van der Waals surface area contributed by atoms with Crippen molar-refractivity contribution in [2.24, 2.45) is 0 Å². The Morgan fingerprint density at radius 1 is 1.29 bits per heavy atom. The van der Waals surface area contributed by atoms with Crippen molar-refractivity contribution < 1.29 is 13.9 Å². The highest BCUT2D eigenvalue weighted by Gasteiger charge is 2.53. The fraction of sp³-hybridized carbons (Fsp3) is 0.824. The molecule has 1 aromatic rings. The normalized spacial score (nSPS) is 29.4. The molecule has 1 aromatic heterocycles. The molecule has 7 heteroatoms. The second kappa shape index (κ2) is 5.84. The lowest BCUT2D eigenvalue weighted by Crippen LogP contribution is -2.50. The lowest BCUT2D eigenvalue weighted by molar-refractivity contribution is -0.153. The number of fused-ring (bicyclic) bond motifs is 3. The molecule has 3 atom stereocenters. The predicted octanol–water partition coefficient (Wildman–Crippen LogP) is 4.27. The summed E-state index contributed by atoms with van der Waals surface area (Å²) in [5, 5.41) is 8.83. The van der Waals surface area contributed by atoms with Crippen LogP contribution < -0.4 is 0 Å². The second-order valence-corrected chi connectivity index (χ2v) is 14.3. The van der Waals surface area contributed by atoms with Crippen LogP contribution in [0.5, 0.6) is 0 Å². The molecular formula is C17H30N2O3SSi. The maximum Gasteiger partial charge on any atom is 0.192 e. The molecule has 136 valence electrons. The molecule has 1 aliphatic carbocycles. The Balaban J connectivity index is 1.95. The summed E-state index contributed by atoms with van der Waals surface area (Å²) in [7, 11) is -1.90. The van der Waals surface area contributed by atoms with Gasteiger partial charge in [-0.05, 0) is 38.2 Å². The number of H-pyrrole nitrogens is 1. The highest BCUT2D eigenvalue weighted by atomic mass is 32.2. The van der Waals surface area contributed by atoms with Gasteiger partial charge in [-0.25, -0.2) is 0 Å². The molecule has 1 saturated heterocycles. The van der Waals surface area contributed by atoms with Gasteiger partial charge in [0.2, 0.25) is 0 Å². The average molecular weight is 371 g/mol. The van der Waals surface area contributed by atoms with Crippen molar-refractivity contribution in [1.29, 1.82) is 0 Å². The van der Waals surface area contributed by atoms with Crippen LogP contribution in [0.2, 0.25) is 18.1 Å². The largest absolute Gasteiger partial charge is 0.411 e. The first kappa shape index (κ1) is 18.4. The molecule has 0 spiro atoms. The number of aromatic amines is 1. The van der Waals surface area contributed by atoms with Gasteiger partial charge in [0.25, 0.3) is 0 Å². The van der Waals surface area contributed by atoms with Crippen molar-refractivity contribution in [2.45, 2.75) is 88.3 Å².